The van der Waals surface area contributed by atoms with Gasteiger partial charge in [-0.2, -0.15) is 13.2 Å². The highest BCUT2D eigenvalue weighted by molar-refractivity contribution is 7.92. The molecule has 1 amide bonds. The number of hydrogen-bond donors (Lipinski definition) is 1. The lowest BCUT2D eigenvalue weighted by atomic mass is 10.1. The number of nitrogens with zero attached hydrogens (tertiary/aromatic N) is 2. The molecule has 0 aliphatic heterocycles. The minimum Gasteiger partial charge on any atom is -0.360 e. The number of likely N-dealkylation sites (N-methyl/N-ethyl adjacent to an activating group) is 1. The molecule has 30 heavy (non-hydrogen) atoms. The van der Waals surface area contributed by atoms with Crippen LogP contribution in [0.5, 0.6) is 0 Å². The SMILES string of the molecule is Cc1ccc(C)c(NC(=O)CN(C)c2ccc(S(=O)(=O)C(F)(F)F)cc2[N+](=O)[O-])c1. The van der Waals surface area contributed by atoms with Crippen LogP contribution in [-0.2, 0) is 14.6 Å². The zero-order chi connectivity index (χ0) is 22.9. The highest BCUT2D eigenvalue weighted by Crippen LogP contribution is 2.35. The summed E-state index contributed by atoms with van der Waals surface area (Å²) in [6.07, 6.45) is 0. The quantitative estimate of drug-likeness (QED) is 0.538. The fourth-order valence-corrected chi connectivity index (χ4v) is 3.42. The molecule has 8 nitrogen and oxygen atoms in total. The minimum absolute atomic E-state index is 0.211. The number of hydrogen-bond acceptors (Lipinski definition) is 6. The third kappa shape index (κ3) is 4.87. The molecule has 0 unspecified atom stereocenters. The van der Waals surface area contributed by atoms with Crippen molar-refractivity contribution >= 4 is 32.8 Å². The first-order valence-electron chi connectivity index (χ1n) is 8.42. The van der Waals surface area contributed by atoms with Crippen molar-refractivity contribution in [3.05, 3.63) is 57.6 Å². The van der Waals surface area contributed by atoms with Crippen LogP contribution in [0.1, 0.15) is 11.1 Å². The van der Waals surface area contributed by atoms with Crippen LogP contribution >= 0.6 is 0 Å². The van der Waals surface area contributed by atoms with Crippen LogP contribution in [0.15, 0.2) is 41.3 Å². The van der Waals surface area contributed by atoms with E-state index >= 15 is 0 Å². The Kier molecular flexibility index (Phi) is 6.40. The van der Waals surface area contributed by atoms with Crippen molar-refractivity contribution in [2.75, 3.05) is 23.8 Å². The second-order valence-electron chi connectivity index (χ2n) is 6.58. The van der Waals surface area contributed by atoms with E-state index in [4.69, 9.17) is 0 Å². The van der Waals surface area contributed by atoms with E-state index in [2.05, 4.69) is 5.32 Å². The molecule has 0 aromatic heterocycles. The largest absolute Gasteiger partial charge is 0.501 e. The molecule has 2 aromatic rings. The average Bonchev–Trinajstić information content (AvgIpc) is 2.63. The van der Waals surface area contributed by atoms with E-state index < -0.39 is 36.8 Å². The first kappa shape index (κ1) is 23.1. The monoisotopic (exact) mass is 445 g/mol. The molecule has 0 spiro atoms. The summed E-state index contributed by atoms with van der Waals surface area (Å²) < 4.78 is 61.2. The van der Waals surface area contributed by atoms with E-state index in [9.17, 15) is 36.5 Å². The number of anilines is 2. The molecular weight excluding hydrogens is 427 g/mol. The highest BCUT2D eigenvalue weighted by Gasteiger charge is 2.47. The number of aryl methyl sites for hydroxylation is 2. The number of rotatable bonds is 6. The van der Waals surface area contributed by atoms with Crippen LogP contribution in [0.3, 0.4) is 0 Å². The Hall–Kier alpha value is -3.15. The second-order valence-corrected chi connectivity index (χ2v) is 8.52. The molecule has 0 aliphatic rings. The number of amides is 1. The topological polar surface area (TPSA) is 110 Å². The van der Waals surface area contributed by atoms with Gasteiger partial charge in [0.05, 0.1) is 16.4 Å². The van der Waals surface area contributed by atoms with Gasteiger partial charge in [0.2, 0.25) is 5.91 Å². The Labute approximate surface area is 170 Å². The molecule has 12 heteroatoms. The maximum Gasteiger partial charge on any atom is 0.501 e. The van der Waals surface area contributed by atoms with Gasteiger partial charge in [-0.25, -0.2) is 8.42 Å². The molecule has 0 bridgehead atoms. The van der Waals surface area contributed by atoms with Crippen molar-refractivity contribution in [2.24, 2.45) is 0 Å². The van der Waals surface area contributed by atoms with Gasteiger partial charge < -0.3 is 10.2 Å². The normalized spacial score (nSPS) is 11.8. The summed E-state index contributed by atoms with van der Waals surface area (Å²) in [6, 6.07) is 7.21. The number of halogens is 3. The Balaban J connectivity index is 2.31. The summed E-state index contributed by atoms with van der Waals surface area (Å²) in [6.45, 7) is 3.25. The zero-order valence-corrected chi connectivity index (χ0v) is 17.0. The summed E-state index contributed by atoms with van der Waals surface area (Å²) in [5, 5.41) is 14.0. The zero-order valence-electron chi connectivity index (χ0n) is 16.1. The van der Waals surface area contributed by atoms with Crippen molar-refractivity contribution in [2.45, 2.75) is 24.3 Å². The molecule has 0 saturated carbocycles. The number of benzene rings is 2. The lowest BCUT2D eigenvalue weighted by Crippen LogP contribution is -2.31. The van der Waals surface area contributed by atoms with Gasteiger partial charge in [-0.1, -0.05) is 12.1 Å². The average molecular weight is 445 g/mol. The van der Waals surface area contributed by atoms with Crippen molar-refractivity contribution in [3.63, 3.8) is 0 Å². The van der Waals surface area contributed by atoms with Crippen molar-refractivity contribution in [1.82, 2.24) is 0 Å². The number of nitro benzene ring substituents is 1. The Morgan fingerprint density at radius 2 is 1.80 bits per heavy atom. The van der Waals surface area contributed by atoms with Gasteiger partial charge in [0, 0.05) is 18.8 Å². The van der Waals surface area contributed by atoms with Crippen molar-refractivity contribution in [3.8, 4) is 0 Å². The molecule has 0 heterocycles. The molecule has 2 rings (SSSR count). The summed E-state index contributed by atoms with van der Waals surface area (Å²) in [7, 11) is -4.43. The van der Waals surface area contributed by atoms with E-state index in [1.54, 1.807) is 19.1 Å². The van der Waals surface area contributed by atoms with Gasteiger partial charge in [0.1, 0.15) is 5.69 Å². The van der Waals surface area contributed by atoms with E-state index in [1.807, 2.05) is 13.0 Å². The molecule has 0 radical (unpaired) electrons. The summed E-state index contributed by atoms with van der Waals surface area (Å²) >= 11 is 0. The van der Waals surface area contributed by atoms with E-state index in [0.717, 1.165) is 22.1 Å². The molecule has 0 saturated heterocycles. The van der Waals surface area contributed by atoms with Gasteiger partial charge in [-0.3, -0.25) is 14.9 Å². The van der Waals surface area contributed by atoms with Gasteiger partial charge >= 0.3 is 5.51 Å². The molecular formula is C18H18F3N3O5S. The summed E-state index contributed by atoms with van der Waals surface area (Å²) in [5.41, 5.74) is -4.43. The third-order valence-corrected chi connectivity index (χ3v) is 5.70. The number of carbonyl (C=O) groups excluding carboxylic acids is 1. The summed E-state index contributed by atoms with van der Waals surface area (Å²) in [4.78, 5) is 22.5. The Bertz CT molecular complexity index is 1100. The van der Waals surface area contributed by atoms with E-state index in [1.165, 1.54) is 7.05 Å². The Morgan fingerprint density at radius 3 is 2.37 bits per heavy atom. The fourth-order valence-electron chi connectivity index (χ4n) is 2.63. The predicted molar refractivity (Wildman–Crippen MR) is 104 cm³/mol. The van der Waals surface area contributed by atoms with Crippen molar-refractivity contribution < 1.29 is 31.3 Å². The lowest BCUT2D eigenvalue weighted by Gasteiger charge is -2.20. The molecule has 1 N–H and O–H groups in total. The lowest BCUT2D eigenvalue weighted by molar-refractivity contribution is -0.384. The van der Waals surface area contributed by atoms with E-state index in [0.29, 0.717) is 17.8 Å². The number of alkyl halides is 3. The Morgan fingerprint density at radius 1 is 1.17 bits per heavy atom. The van der Waals surface area contributed by atoms with Gasteiger partial charge in [-0.15, -0.1) is 0 Å². The van der Waals surface area contributed by atoms with Crippen LogP contribution < -0.4 is 10.2 Å². The van der Waals surface area contributed by atoms with Crippen LogP contribution in [0, 0.1) is 24.0 Å². The number of nitrogens with one attached hydrogen (secondary N) is 1. The minimum atomic E-state index is -5.75. The maximum absolute atomic E-state index is 12.7. The number of carbonyl (C=O) groups is 1. The van der Waals surface area contributed by atoms with Crippen LogP contribution in [0.4, 0.5) is 30.2 Å². The van der Waals surface area contributed by atoms with Crippen LogP contribution in [-0.4, -0.2) is 38.3 Å². The second kappa shape index (κ2) is 8.30. The molecule has 2 aromatic carbocycles. The van der Waals surface area contributed by atoms with Crippen LogP contribution in [0.2, 0.25) is 0 Å². The first-order valence-corrected chi connectivity index (χ1v) is 9.90. The first-order chi connectivity index (χ1) is 13.7. The molecule has 0 fully saturated rings. The van der Waals surface area contributed by atoms with E-state index in [-0.39, 0.29) is 12.2 Å². The maximum atomic E-state index is 12.7. The highest BCUT2D eigenvalue weighted by atomic mass is 32.2. The van der Waals surface area contributed by atoms with Gasteiger partial charge in [0.15, 0.2) is 0 Å². The number of nitro groups is 1. The number of sulfone groups is 1. The third-order valence-electron chi connectivity index (χ3n) is 4.22. The molecule has 162 valence electrons. The van der Waals surface area contributed by atoms with Crippen LogP contribution in [0.25, 0.3) is 0 Å². The van der Waals surface area contributed by atoms with Gasteiger partial charge in [-0.05, 0) is 43.2 Å². The fraction of sp³-hybridized carbons (Fsp3) is 0.278. The van der Waals surface area contributed by atoms with Gasteiger partial charge in [0.25, 0.3) is 15.5 Å². The summed E-state index contributed by atoms with van der Waals surface area (Å²) in [5.74, 6) is -0.521. The molecule has 0 aliphatic carbocycles. The predicted octanol–water partition coefficient (Wildman–Crippen LogP) is 3.58. The molecule has 0 atom stereocenters. The van der Waals surface area contributed by atoms with Crippen molar-refractivity contribution in [1.29, 1.82) is 0 Å². The smallest absolute Gasteiger partial charge is 0.360 e. The standard InChI is InChI=1S/C18H18F3N3O5S/c1-11-4-5-12(2)14(8-11)22-17(25)10-23(3)15-7-6-13(9-16(15)24(26)27)30(28,29)18(19,20)21/h4-9H,10H2,1-3H3,(H,22,25).